The van der Waals surface area contributed by atoms with Crippen LogP contribution in [-0.2, 0) is 0 Å². The lowest BCUT2D eigenvalue weighted by Gasteiger charge is -2.30. The maximum Gasteiger partial charge on any atom is 0.407 e. The second-order valence-corrected chi connectivity index (χ2v) is 8.16. The van der Waals surface area contributed by atoms with Gasteiger partial charge in [0.25, 0.3) is 5.91 Å². The molecule has 1 aliphatic heterocycles. The standard InChI is InChI=1S/C24H23N7O3/c32-23(28-18-7-10-31(11-8-18)24(33)34)16-3-1-2-15(12-16)22-25-9-6-21(29-22)27-19-4-5-20-17(13-19)14-26-30-20/h1-6,9,12-14,18H,7-8,10-11H2,(H,26,30)(H,28,32)(H,33,34)(H,25,27,29). The van der Waals surface area contributed by atoms with E-state index in [2.05, 4.69) is 30.8 Å². The summed E-state index contributed by atoms with van der Waals surface area (Å²) in [5.74, 6) is 0.935. The molecule has 0 aliphatic carbocycles. The number of aromatic nitrogens is 4. The number of benzene rings is 2. The highest BCUT2D eigenvalue weighted by molar-refractivity contribution is 5.95. The van der Waals surface area contributed by atoms with Crippen molar-refractivity contribution in [2.45, 2.75) is 18.9 Å². The summed E-state index contributed by atoms with van der Waals surface area (Å²) in [5, 5.41) is 23.3. The quantitative estimate of drug-likeness (QED) is 0.359. The molecule has 172 valence electrons. The van der Waals surface area contributed by atoms with Crippen LogP contribution >= 0.6 is 0 Å². The minimum Gasteiger partial charge on any atom is -0.465 e. The van der Waals surface area contributed by atoms with Crippen LogP contribution in [0.1, 0.15) is 23.2 Å². The van der Waals surface area contributed by atoms with Crippen molar-refractivity contribution in [1.82, 2.24) is 30.4 Å². The van der Waals surface area contributed by atoms with Crippen LogP contribution in [0.5, 0.6) is 0 Å². The maximum atomic E-state index is 12.8. The van der Waals surface area contributed by atoms with E-state index in [0.717, 1.165) is 22.2 Å². The summed E-state index contributed by atoms with van der Waals surface area (Å²) in [7, 11) is 0. The number of aromatic amines is 1. The second kappa shape index (κ2) is 9.18. The number of nitrogens with zero attached hydrogens (tertiary/aromatic N) is 4. The molecule has 34 heavy (non-hydrogen) atoms. The van der Waals surface area contributed by atoms with Gasteiger partial charge in [0, 0.05) is 47.5 Å². The first-order chi connectivity index (χ1) is 16.5. The molecule has 0 saturated carbocycles. The minimum absolute atomic E-state index is 0.0527. The van der Waals surface area contributed by atoms with Gasteiger partial charge in [0.15, 0.2) is 5.82 Å². The molecule has 2 aromatic carbocycles. The number of hydrogen-bond donors (Lipinski definition) is 4. The predicted molar refractivity (Wildman–Crippen MR) is 127 cm³/mol. The largest absolute Gasteiger partial charge is 0.465 e. The van der Waals surface area contributed by atoms with Gasteiger partial charge in [-0.05, 0) is 49.2 Å². The van der Waals surface area contributed by atoms with Crippen molar-refractivity contribution in [3.8, 4) is 11.4 Å². The number of carbonyl (C=O) groups excluding carboxylic acids is 1. The highest BCUT2D eigenvalue weighted by atomic mass is 16.4. The van der Waals surface area contributed by atoms with Crippen molar-refractivity contribution >= 4 is 34.4 Å². The monoisotopic (exact) mass is 457 g/mol. The van der Waals surface area contributed by atoms with Crippen LogP contribution in [0.4, 0.5) is 16.3 Å². The average Bonchev–Trinajstić information content (AvgIpc) is 3.33. The molecule has 1 aliphatic rings. The lowest BCUT2D eigenvalue weighted by atomic mass is 10.0. The molecule has 0 bridgehead atoms. The number of anilines is 2. The molecular weight excluding hydrogens is 434 g/mol. The number of carboxylic acid groups (broad SMARTS) is 1. The van der Waals surface area contributed by atoms with E-state index in [1.165, 1.54) is 4.90 Å². The first-order valence-corrected chi connectivity index (χ1v) is 11.0. The Bertz CT molecular complexity index is 1350. The van der Waals surface area contributed by atoms with Gasteiger partial charge in [-0.3, -0.25) is 9.89 Å². The Morgan fingerprint density at radius 3 is 2.76 bits per heavy atom. The normalized spacial score (nSPS) is 14.2. The SMILES string of the molecule is O=C(NC1CCN(C(=O)O)CC1)c1cccc(-c2nccc(Nc3ccc4[nH]ncc4c3)n2)c1. The second-order valence-electron chi connectivity index (χ2n) is 8.16. The Balaban J connectivity index is 1.28. The summed E-state index contributed by atoms with van der Waals surface area (Å²) >= 11 is 0. The van der Waals surface area contributed by atoms with E-state index in [1.807, 2.05) is 24.3 Å². The van der Waals surface area contributed by atoms with E-state index < -0.39 is 6.09 Å². The number of piperidine rings is 1. The van der Waals surface area contributed by atoms with Gasteiger partial charge < -0.3 is 20.6 Å². The Kier molecular flexibility index (Phi) is 5.77. The zero-order valence-electron chi connectivity index (χ0n) is 18.2. The van der Waals surface area contributed by atoms with Gasteiger partial charge in [-0.2, -0.15) is 5.10 Å². The molecule has 5 rings (SSSR count). The van der Waals surface area contributed by atoms with Gasteiger partial charge in [-0.15, -0.1) is 0 Å². The molecule has 2 amide bonds. The molecule has 1 saturated heterocycles. The fourth-order valence-electron chi connectivity index (χ4n) is 4.02. The Hall–Kier alpha value is -4.47. The molecule has 10 heteroatoms. The van der Waals surface area contributed by atoms with Crippen molar-refractivity contribution in [2.24, 2.45) is 0 Å². The Morgan fingerprint density at radius 2 is 1.94 bits per heavy atom. The third kappa shape index (κ3) is 4.65. The highest BCUT2D eigenvalue weighted by Crippen LogP contribution is 2.23. The third-order valence-electron chi connectivity index (χ3n) is 5.85. The van der Waals surface area contributed by atoms with Gasteiger partial charge in [-0.25, -0.2) is 14.8 Å². The number of amides is 2. The number of fused-ring (bicyclic) bond motifs is 1. The van der Waals surface area contributed by atoms with Crippen LogP contribution in [0.25, 0.3) is 22.3 Å². The number of nitrogens with one attached hydrogen (secondary N) is 3. The van der Waals surface area contributed by atoms with Crippen LogP contribution in [0.3, 0.4) is 0 Å². The summed E-state index contributed by atoms with van der Waals surface area (Å²) in [6, 6.07) is 14.8. The molecule has 4 aromatic rings. The van der Waals surface area contributed by atoms with E-state index in [4.69, 9.17) is 5.11 Å². The first-order valence-electron chi connectivity index (χ1n) is 11.0. The first kappa shape index (κ1) is 21.4. The molecule has 3 heterocycles. The third-order valence-corrected chi connectivity index (χ3v) is 5.85. The van der Waals surface area contributed by atoms with Crippen molar-refractivity contribution in [3.05, 3.63) is 66.5 Å². The average molecular weight is 457 g/mol. The number of likely N-dealkylation sites (tertiary alicyclic amines) is 1. The summed E-state index contributed by atoms with van der Waals surface area (Å²) in [4.78, 5) is 34.2. The number of carbonyl (C=O) groups is 2. The lowest BCUT2D eigenvalue weighted by Crippen LogP contribution is -2.46. The molecule has 10 nitrogen and oxygen atoms in total. The Morgan fingerprint density at radius 1 is 1.09 bits per heavy atom. The molecule has 0 atom stereocenters. The van der Waals surface area contributed by atoms with Crippen molar-refractivity contribution in [1.29, 1.82) is 0 Å². The van der Waals surface area contributed by atoms with Crippen LogP contribution in [0.2, 0.25) is 0 Å². The molecular formula is C24H23N7O3. The van der Waals surface area contributed by atoms with Crippen LogP contribution in [-0.4, -0.2) is 61.3 Å². The van der Waals surface area contributed by atoms with Crippen LogP contribution in [0, 0.1) is 0 Å². The lowest BCUT2D eigenvalue weighted by molar-refractivity contribution is 0.0907. The molecule has 2 aromatic heterocycles. The summed E-state index contributed by atoms with van der Waals surface area (Å²) in [6.07, 6.45) is 3.71. The molecule has 1 fully saturated rings. The van der Waals surface area contributed by atoms with Crippen molar-refractivity contribution in [3.63, 3.8) is 0 Å². The molecule has 0 unspecified atom stereocenters. The van der Waals surface area contributed by atoms with Crippen molar-refractivity contribution < 1.29 is 14.7 Å². The van der Waals surface area contributed by atoms with Gasteiger partial charge >= 0.3 is 6.09 Å². The van der Waals surface area contributed by atoms with Crippen LogP contribution < -0.4 is 10.6 Å². The van der Waals surface area contributed by atoms with E-state index in [9.17, 15) is 9.59 Å². The molecule has 0 radical (unpaired) electrons. The molecule has 0 spiro atoms. The fraction of sp³-hybridized carbons (Fsp3) is 0.208. The summed E-state index contributed by atoms with van der Waals surface area (Å²) in [6.45, 7) is 0.836. The van der Waals surface area contributed by atoms with E-state index in [1.54, 1.807) is 36.7 Å². The molecule has 4 N–H and O–H groups in total. The zero-order chi connectivity index (χ0) is 23.5. The summed E-state index contributed by atoms with van der Waals surface area (Å²) < 4.78 is 0. The maximum absolute atomic E-state index is 12.8. The van der Waals surface area contributed by atoms with Gasteiger partial charge in [-0.1, -0.05) is 12.1 Å². The van der Waals surface area contributed by atoms with E-state index in [-0.39, 0.29) is 11.9 Å². The Labute approximate surface area is 195 Å². The summed E-state index contributed by atoms with van der Waals surface area (Å²) in [5.41, 5.74) is 3.06. The van der Waals surface area contributed by atoms with Gasteiger partial charge in [0.05, 0.1) is 11.7 Å². The van der Waals surface area contributed by atoms with Gasteiger partial charge in [0.1, 0.15) is 5.82 Å². The van der Waals surface area contributed by atoms with Crippen molar-refractivity contribution in [2.75, 3.05) is 18.4 Å². The topological polar surface area (TPSA) is 136 Å². The number of H-pyrrole nitrogens is 1. The number of hydrogen-bond acceptors (Lipinski definition) is 6. The highest BCUT2D eigenvalue weighted by Gasteiger charge is 2.23. The van der Waals surface area contributed by atoms with E-state index in [0.29, 0.717) is 43.1 Å². The fourth-order valence-corrected chi connectivity index (χ4v) is 4.02. The minimum atomic E-state index is -0.920. The number of rotatable bonds is 5. The van der Waals surface area contributed by atoms with Crippen LogP contribution in [0.15, 0.2) is 60.9 Å². The predicted octanol–water partition coefficient (Wildman–Crippen LogP) is 3.64. The smallest absolute Gasteiger partial charge is 0.407 e. The zero-order valence-corrected chi connectivity index (χ0v) is 18.2. The van der Waals surface area contributed by atoms with Gasteiger partial charge in [0.2, 0.25) is 0 Å². The van der Waals surface area contributed by atoms with E-state index >= 15 is 0 Å².